The van der Waals surface area contributed by atoms with Crippen LogP contribution in [0.4, 0.5) is 0 Å². The Kier molecular flexibility index (Phi) is 10.4. The van der Waals surface area contributed by atoms with E-state index in [0.717, 1.165) is 49.5 Å². The summed E-state index contributed by atoms with van der Waals surface area (Å²) in [6, 6.07) is 40.4. The number of furan rings is 1. The molecule has 8 rings (SSSR count). The minimum absolute atomic E-state index is 0. The maximum absolute atomic E-state index is 8.79. The molecule has 8 aromatic rings. The van der Waals surface area contributed by atoms with Crippen LogP contribution in [0.15, 0.2) is 114 Å². The van der Waals surface area contributed by atoms with Crippen LogP contribution < -0.4 is 5.19 Å². The normalized spacial score (nSPS) is 13.8. The number of fused-ring (bicyclic) bond motifs is 4. The topological polar surface area (TPSA) is 43.9 Å². The van der Waals surface area contributed by atoms with Crippen molar-refractivity contribution < 1.29 is 31.4 Å². The van der Waals surface area contributed by atoms with Crippen molar-refractivity contribution in [2.24, 2.45) is 5.41 Å². The average molecular weight is 951 g/mol. The standard InChI is InChI=1S/C31H27N2O.C20H28NSi.Ir/c1-19(2)22-11-9-12-23(20(3)4)30(22)33-27-14-7-6-13-26(27)32-31(33)21-16-17-29-25(18-21)24-10-5-8-15-28(24)34-29;1-15-8-10-16(11-9-15)18-12-17(13-20(2,3)4)19(14-21-18)22(5,6)7;/h5-15,17-20H,1-4H3;8-10,12,14H,13H2,1-7H3;/q2*-1;/i;1D3,13D2;. The number of imidazole rings is 1. The van der Waals surface area contributed by atoms with Gasteiger partial charge in [-0.15, -0.1) is 59.2 Å². The van der Waals surface area contributed by atoms with Gasteiger partial charge in [0.2, 0.25) is 0 Å². The van der Waals surface area contributed by atoms with E-state index in [2.05, 4.69) is 130 Å². The molecule has 4 nitrogen and oxygen atoms in total. The fraction of sp³-hybridized carbons (Fsp3) is 0.294. The zero-order valence-corrected chi connectivity index (χ0v) is 38.0. The van der Waals surface area contributed by atoms with E-state index in [1.165, 1.54) is 22.9 Å². The van der Waals surface area contributed by atoms with Crippen LogP contribution in [0.2, 0.25) is 19.6 Å². The molecular formula is C51H55IrN3OSi-2. The monoisotopic (exact) mass is 951 g/mol. The summed E-state index contributed by atoms with van der Waals surface area (Å²) in [7, 11) is -1.81. The number of rotatable bonds is 7. The van der Waals surface area contributed by atoms with Gasteiger partial charge in [0.05, 0.1) is 30.5 Å². The van der Waals surface area contributed by atoms with Crippen LogP contribution in [0.1, 0.15) is 89.4 Å². The van der Waals surface area contributed by atoms with Crippen LogP contribution in [0.25, 0.3) is 61.3 Å². The van der Waals surface area contributed by atoms with Gasteiger partial charge in [0.1, 0.15) is 5.58 Å². The number of para-hydroxylation sites is 4. The first-order valence-corrected chi connectivity index (χ1v) is 23.1. The molecule has 0 aliphatic rings. The fourth-order valence-electron chi connectivity index (χ4n) is 7.29. The van der Waals surface area contributed by atoms with Crippen molar-refractivity contribution in [3.8, 4) is 28.3 Å². The number of aryl methyl sites for hydroxylation is 1. The van der Waals surface area contributed by atoms with Gasteiger partial charge in [0.25, 0.3) is 0 Å². The van der Waals surface area contributed by atoms with Gasteiger partial charge in [0, 0.05) is 44.2 Å². The molecule has 0 bridgehead atoms. The van der Waals surface area contributed by atoms with Gasteiger partial charge in [-0.25, -0.2) is 0 Å². The second-order valence-electron chi connectivity index (χ2n) is 17.3. The van der Waals surface area contributed by atoms with Crippen LogP contribution in [0, 0.1) is 24.4 Å². The van der Waals surface area contributed by atoms with E-state index >= 15 is 0 Å². The third kappa shape index (κ3) is 8.94. The van der Waals surface area contributed by atoms with Crippen LogP contribution in [-0.4, -0.2) is 22.6 Å². The third-order valence-corrected chi connectivity index (χ3v) is 12.0. The summed E-state index contributed by atoms with van der Waals surface area (Å²) in [5.74, 6) is 1.67. The predicted octanol–water partition coefficient (Wildman–Crippen LogP) is 13.6. The van der Waals surface area contributed by atoms with Crippen molar-refractivity contribution in [1.29, 1.82) is 0 Å². The Morgan fingerprint density at radius 3 is 2.12 bits per heavy atom. The van der Waals surface area contributed by atoms with Crippen molar-refractivity contribution in [3.63, 3.8) is 0 Å². The largest absolute Gasteiger partial charge is 0.500 e. The summed E-state index contributed by atoms with van der Waals surface area (Å²) in [4.78, 5) is 9.69. The van der Waals surface area contributed by atoms with E-state index in [0.29, 0.717) is 28.7 Å². The molecule has 0 unspecified atom stereocenters. The average Bonchev–Trinajstić information content (AvgIpc) is 3.78. The Hall–Kier alpha value is -4.61. The predicted molar refractivity (Wildman–Crippen MR) is 240 cm³/mol. The Morgan fingerprint density at radius 2 is 1.47 bits per heavy atom. The Balaban J connectivity index is 0.000000210. The van der Waals surface area contributed by atoms with Gasteiger partial charge in [0.15, 0.2) is 0 Å². The first-order chi connectivity index (χ1) is 28.6. The Labute approximate surface area is 361 Å². The summed E-state index contributed by atoms with van der Waals surface area (Å²) < 4.78 is 48.4. The number of hydrogen-bond donors (Lipinski definition) is 0. The van der Waals surface area contributed by atoms with Gasteiger partial charge in [-0.2, -0.15) is 0 Å². The second kappa shape index (κ2) is 16.7. The summed E-state index contributed by atoms with van der Waals surface area (Å²) in [6.45, 7) is 19.1. The maximum atomic E-state index is 8.79. The van der Waals surface area contributed by atoms with Crippen LogP contribution in [0.5, 0.6) is 0 Å². The van der Waals surface area contributed by atoms with Crippen molar-refractivity contribution in [2.45, 2.75) is 93.2 Å². The van der Waals surface area contributed by atoms with E-state index in [4.69, 9.17) is 16.3 Å². The number of benzene rings is 5. The Bertz CT molecular complexity index is 2840. The van der Waals surface area contributed by atoms with E-state index in [1.54, 1.807) is 18.3 Å². The smallest absolute Gasteiger partial charge is 0.120 e. The van der Waals surface area contributed by atoms with E-state index < -0.39 is 26.7 Å². The molecule has 0 saturated carbocycles. The molecule has 6 heteroatoms. The molecule has 0 fully saturated rings. The van der Waals surface area contributed by atoms with Crippen LogP contribution in [-0.2, 0) is 26.5 Å². The Morgan fingerprint density at radius 1 is 0.789 bits per heavy atom. The molecule has 0 N–H and O–H groups in total. The minimum atomic E-state index is -2.17. The molecule has 0 spiro atoms. The summed E-state index contributed by atoms with van der Waals surface area (Å²) in [5.41, 5.74) is 10.3. The minimum Gasteiger partial charge on any atom is -0.500 e. The van der Waals surface area contributed by atoms with E-state index in [9.17, 15) is 0 Å². The quantitative estimate of drug-likeness (QED) is 0.118. The second-order valence-corrected chi connectivity index (χ2v) is 22.3. The molecule has 295 valence electrons. The molecule has 0 aliphatic heterocycles. The summed E-state index contributed by atoms with van der Waals surface area (Å²) >= 11 is 0. The van der Waals surface area contributed by atoms with E-state index in [-0.39, 0.29) is 25.7 Å². The van der Waals surface area contributed by atoms with Crippen LogP contribution in [0.3, 0.4) is 0 Å². The first-order valence-electron chi connectivity index (χ1n) is 22.1. The van der Waals surface area contributed by atoms with Crippen molar-refractivity contribution in [1.82, 2.24) is 14.5 Å². The van der Waals surface area contributed by atoms with Gasteiger partial charge >= 0.3 is 0 Å². The summed E-state index contributed by atoms with van der Waals surface area (Å²) in [5, 5.41) is 3.20. The molecule has 0 atom stereocenters. The SMILES string of the molecule is CC(C)c1cccc(C(C)C)c1-n1c(-c2[c-]cc3oc4ccccc4c3c2)nc2ccccc21.[2H]C([2H])([2H])c1c[c-]c(-c2cc(C([2H])([2H])C(C)(C)C)c([Si](C)(C)C)cn2)cc1.[Ir]. The molecule has 1 radical (unpaired) electrons. The molecular weight excluding hydrogens is 891 g/mol. The van der Waals surface area contributed by atoms with Crippen molar-refractivity contribution in [3.05, 3.63) is 144 Å². The van der Waals surface area contributed by atoms with Crippen molar-refractivity contribution >= 4 is 46.2 Å². The van der Waals surface area contributed by atoms with E-state index in [1.807, 2.05) is 45.0 Å². The number of hydrogen-bond acceptors (Lipinski definition) is 3. The van der Waals surface area contributed by atoms with Gasteiger partial charge < -0.3 is 14.0 Å². The number of nitrogens with zero attached hydrogens (tertiary/aromatic N) is 3. The molecule has 0 saturated heterocycles. The maximum Gasteiger partial charge on any atom is 0.120 e. The third-order valence-electron chi connectivity index (χ3n) is 9.99. The van der Waals surface area contributed by atoms with Crippen molar-refractivity contribution in [2.75, 3.05) is 0 Å². The molecule has 0 amide bonds. The summed E-state index contributed by atoms with van der Waals surface area (Å²) in [6.07, 6.45) is 0.269. The first kappa shape index (κ1) is 35.5. The molecule has 57 heavy (non-hydrogen) atoms. The van der Waals surface area contributed by atoms with Gasteiger partial charge in [-0.1, -0.05) is 141 Å². The van der Waals surface area contributed by atoms with Crippen LogP contribution >= 0.6 is 0 Å². The van der Waals surface area contributed by atoms with Gasteiger partial charge in [-0.05, 0) is 63.8 Å². The fourth-order valence-corrected chi connectivity index (χ4v) is 8.69. The molecule has 0 aliphatic carbocycles. The molecule has 5 aromatic carbocycles. The zero-order valence-electron chi connectivity index (χ0n) is 39.6. The molecule has 3 heterocycles. The zero-order chi connectivity index (χ0) is 44.2. The molecule has 3 aromatic heterocycles. The number of pyridine rings is 1. The van der Waals surface area contributed by atoms with Gasteiger partial charge in [-0.3, -0.25) is 4.98 Å². The number of aromatic nitrogens is 3.